The molecule has 5 nitrogen and oxygen atoms in total. The summed E-state index contributed by atoms with van der Waals surface area (Å²) in [6, 6.07) is 19.0. The van der Waals surface area contributed by atoms with Gasteiger partial charge < -0.3 is 10.1 Å². The SMILES string of the molecule is CC(=O)c1cccc(NC(=O)C(OC(=O)C=Cc2cccc(C(F)(F)F)c2)c2ccccc2)c1. The first-order valence-electron chi connectivity index (χ1n) is 10.2. The molecule has 34 heavy (non-hydrogen) atoms. The molecule has 3 rings (SSSR count). The first kappa shape index (κ1) is 24.4. The van der Waals surface area contributed by atoms with Gasteiger partial charge in [0.25, 0.3) is 5.91 Å². The van der Waals surface area contributed by atoms with Crippen molar-refractivity contribution in [3.05, 3.63) is 107 Å². The predicted octanol–water partition coefficient (Wildman–Crippen LogP) is 5.84. The van der Waals surface area contributed by atoms with Gasteiger partial charge in [-0.15, -0.1) is 0 Å². The number of halogens is 3. The zero-order valence-corrected chi connectivity index (χ0v) is 18.0. The average Bonchev–Trinajstić information content (AvgIpc) is 2.81. The van der Waals surface area contributed by atoms with Gasteiger partial charge in [-0.1, -0.05) is 54.6 Å². The minimum Gasteiger partial charge on any atom is -0.444 e. The topological polar surface area (TPSA) is 72.5 Å². The molecule has 0 fully saturated rings. The van der Waals surface area contributed by atoms with Crippen molar-refractivity contribution in [2.24, 2.45) is 0 Å². The lowest BCUT2D eigenvalue weighted by molar-refractivity contribution is -0.149. The van der Waals surface area contributed by atoms with Crippen LogP contribution in [0.1, 0.15) is 40.1 Å². The molecule has 0 aliphatic heterocycles. The molecule has 0 spiro atoms. The zero-order chi connectivity index (χ0) is 24.7. The largest absolute Gasteiger partial charge is 0.444 e. The van der Waals surface area contributed by atoms with Crippen molar-refractivity contribution in [3.63, 3.8) is 0 Å². The van der Waals surface area contributed by atoms with E-state index >= 15 is 0 Å². The van der Waals surface area contributed by atoms with Gasteiger partial charge in [-0.3, -0.25) is 9.59 Å². The van der Waals surface area contributed by atoms with Crippen LogP contribution in [0.2, 0.25) is 0 Å². The summed E-state index contributed by atoms with van der Waals surface area (Å²) >= 11 is 0. The van der Waals surface area contributed by atoms with E-state index in [0.717, 1.165) is 18.2 Å². The molecule has 1 N–H and O–H groups in total. The van der Waals surface area contributed by atoms with E-state index < -0.39 is 29.7 Å². The molecule has 0 heterocycles. The second-order valence-electron chi connectivity index (χ2n) is 7.31. The highest BCUT2D eigenvalue weighted by molar-refractivity contribution is 5.99. The quantitative estimate of drug-likeness (QED) is 0.269. The van der Waals surface area contributed by atoms with Crippen LogP contribution in [0.25, 0.3) is 6.08 Å². The number of carbonyl (C=O) groups is 3. The van der Waals surface area contributed by atoms with Gasteiger partial charge in [0.2, 0.25) is 6.10 Å². The summed E-state index contributed by atoms with van der Waals surface area (Å²) in [4.78, 5) is 37.0. The molecule has 1 amide bonds. The maximum Gasteiger partial charge on any atom is 0.416 e. The molecule has 3 aromatic carbocycles. The number of Topliss-reactive ketones (excluding diaryl/α,β-unsaturated/α-hetero) is 1. The lowest BCUT2D eigenvalue weighted by Crippen LogP contribution is -2.25. The van der Waals surface area contributed by atoms with Crippen LogP contribution in [0, 0.1) is 0 Å². The molecule has 0 aliphatic carbocycles. The van der Waals surface area contributed by atoms with E-state index in [2.05, 4.69) is 5.32 Å². The van der Waals surface area contributed by atoms with E-state index in [1.54, 1.807) is 48.5 Å². The van der Waals surface area contributed by atoms with Gasteiger partial charge in [-0.2, -0.15) is 13.2 Å². The molecule has 0 bridgehead atoms. The molecule has 1 atom stereocenters. The fourth-order valence-electron chi connectivity index (χ4n) is 3.06. The molecule has 174 valence electrons. The molecular formula is C26H20F3NO4. The highest BCUT2D eigenvalue weighted by Gasteiger charge is 2.30. The standard InChI is InChI=1S/C26H20F3NO4/c1-17(31)20-10-6-12-22(16-20)30-25(33)24(19-8-3-2-4-9-19)34-23(32)14-13-18-7-5-11-21(15-18)26(27,28)29/h2-16,24H,1H3,(H,30,33). The summed E-state index contributed by atoms with van der Waals surface area (Å²) in [6.45, 7) is 1.40. The summed E-state index contributed by atoms with van der Waals surface area (Å²) in [5.41, 5.74) is 0.429. The second kappa shape index (κ2) is 10.6. The van der Waals surface area contributed by atoms with E-state index in [-0.39, 0.29) is 11.3 Å². The number of esters is 1. The van der Waals surface area contributed by atoms with Crippen molar-refractivity contribution in [3.8, 4) is 0 Å². The number of rotatable bonds is 7. The number of hydrogen-bond donors (Lipinski definition) is 1. The maximum atomic E-state index is 12.9. The van der Waals surface area contributed by atoms with E-state index in [9.17, 15) is 27.6 Å². The maximum absolute atomic E-state index is 12.9. The number of ketones is 1. The Balaban J connectivity index is 1.78. The Bertz CT molecular complexity index is 1220. The third-order valence-corrected chi connectivity index (χ3v) is 4.74. The lowest BCUT2D eigenvalue weighted by Gasteiger charge is -2.17. The summed E-state index contributed by atoms with van der Waals surface area (Å²) in [5, 5.41) is 2.62. The lowest BCUT2D eigenvalue weighted by atomic mass is 10.1. The van der Waals surface area contributed by atoms with Gasteiger partial charge >= 0.3 is 12.1 Å². The Morgan fingerprint density at radius 2 is 1.62 bits per heavy atom. The normalized spacial score (nSPS) is 12.2. The van der Waals surface area contributed by atoms with Gasteiger partial charge in [0.1, 0.15) is 0 Å². The number of anilines is 1. The molecule has 3 aromatic rings. The molecule has 0 aliphatic rings. The Morgan fingerprint density at radius 3 is 2.29 bits per heavy atom. The van der Waals surface area contributed by atoms with Crippen molar-refractivity contribution >= 4 is 29.4 Å². The molecule has 1 unspecified atom stereocenters. The average molecular weight is 467 g/mol. The molecule has 0 saturated carbocycles. The number of carbonyl (C=O) groups excluding carboxylic acids is 3. The minimum atomic E-state index is -4.51. The van der Waals surface area contributed by atoms with Gasteiger partial charge in [0, 0.05) is 22.9 Å². The summed E-state index contributed by atoms with van der Waals surface area (Å²) in [5.74, 6) is -1.76. The van der Waals surface area contributed by atoms with Crippen LogP contribution in [0.4, 0.5) is 18.9 Å². The number of hydrogen-bond acceptors (Lipinski definition) is 4. The number of nitrogens with one attached hydrogen (secondary N) is 1. The Hall–Kier alpha value is -4.20. The van der Waals surface area contributed by atoms with E-state index in [1.807, 2.05) is 0 Å². The van der Waals surface area contributed by atoms with Gasteiger partial charge in [0.15, 0.2) is 5.78 Å². The van der Waals surface area contributed by atoms with Crippen LogP contribution < -0.4 is 5.32 Å². The van der Waals surface area contributed by atoms with E-state index in [0.29, 0.717) is 16.8 Å². The number of ether oxygens (including phenoxy) is 1. The Labute approximate surface area is 193 Å². The van der Waals surface area contributed by atoms with E-state index in [4.69, 9.17) is 4.74 Å². The van der Waals surface area contributed by atoms with Crippen LogP contribution in [0.15, 0.2) is 84.9 Å². The van der Waals surface area contributed by atoms with Crippen LogP contribution in [-0.2, 0) is 20.5 Å². The first-order valence-corrected chi connectivity index (χ1v) is 10.2. The molecular weight excluding hydrogens is 447 g/mol. The Morgan fingerprint density at radius 1 is 0.912 bits per heavy atom. The van der Waals surface area contributed by atoms with Crippen molar-refractivity contribution < 1.29 is 32.3 Å². The van der Waals surface area contributed by atoms with Crippen molar-refractivity contribution in [1.29, 1.82) is 0 Å². The Kier molecular flexibility index (Phi) is 7.63. The van der Waals surface area contributed by atoms with Crippen LogP contribution in [0.3, 0.4) is 0 Å². The smallest absolute Gasteiger partial charge is 0.416 e. The number of alkyl halides is 3. The molecule has 0 aromatic heterocycles. The van der Waals surface area contributed by atoms with Crippen LogP contribution in [0.5, 0.6) is 0 Å². The van der Waals surface area contributed by atoms with Gasteiger partial charge in [-0.05, 0) is 42.8 Å². The minimum absolute atomic E-state index is 0.147. The van der Waals surface area contributed by atoms with Gasteiger partial charge in [-0.25, -0.2) is 4.79 Å². The third-order valence-electron chi connectivity index (χ3n) is 4.74. The molecule has 0 radical (unpaired) electrons. The molecule has 8 heteroatoms. The summed E-state index contributed by atoms with van der Waals surface area (Å²) in [6.07, 6.45) is -3.72. The van der Waals surface area contributed by atoms with Crippen LogP contribution in [-0.4, -0.2) is 17.7 Å². The second-order valence-corrected chi connectivity index (χ2v) is 7.31. The third kappa shape index (κ3) is 6.65. The zero-order valence-electron chi connectivity index (χ0n) is 18.0. The number of amides is 1. The van der Waals surface area contributed by atoms with E-state index in [1.165, 1.54) is 31.2 Å². The fourth-order valence-corrected chi connectivity index (χ4v) is 3.06. The summed E-state index contributed by atoms with van der Waals surface area (Å²) < 4.78 is 44.0. The monoisotopic (exact) mass is 467 g/mol. The van der Waals surface area contributed by atoms with Crippen molar-refractivity contribution in [2.75, 3.05) is 5.32 Å². The highest BCUT2D eigenvalue weighted by atomic mass is 19.4. The highest BCUT2D eigenvalue weighted by Crippen LogP contribution is 2.30. The van der Waals surface area contributed by atoms with Crippen molar-refractivity contribution in [1.82, 2.24) is 0 Å². The van der Waals surface area contributed by atoms with Crippen molar-refractivity contribution in [2.45, 2.75) is 19.2 Å². The predicted molar refractivity (Wildman–Crippen MR) is 121 cm³/mol. The summed E-state index contributed by atoms with van der Waals surface area (Å²) in [7, 11) is 0. The van der Waals surface area contributed by atoms with Gasteiger partial charge in [0.05, 0.1) is 5.56 Å². The number of benzene rings is 3. The first-order chi connectivity index (χ1) is 16.1. The fraction of sp³-hybridized carbons (Fsp3) is 0.115. The molecule has 0 saturated heterocycles. The van der Waals surface area contributed by atoms with Crippen LogP contribution >= 0.6 is 0 Å².